The van der Waals surface area contributed by atoms with E-state index < -0.39 is 0 Å². The first-order valence-electron chi connectivity index (χ1n) is 16.8. The van der Waals surface area contributed by atoms with E-state index in [9.17, 15) is 9.59 Å². The molecule has 12 heteroatoms. The van der Waals surface area contributed by atoms with Gasteiger partial charge >= 0.3 is 0 Å². The molecule has 48 heavy (non-hydrogen) atoms. The Balaban J connectivity index is 0.965. The van der Waals surface area contributed by atoms with Crippen molar-refractivity contribution in [2.24, 2.45) is 0 Å². The van der Waals surface area contributed by atoms with E-state index in [4.69, 9.17) is 4.74 Å². The molecule has 3 N–H and O–H groups in total. The summed E-state index contributed by atoms with van der Waals surface area (Å²) in [6.07, 6.45) is 11.0. The highest BCUT2D eigenvalue weighted by molar-refractivity contribution is 6.03. The smallest absolute Gasteiger partial charge is 0.274 e. The van der Waals surface area contributed by atoms with Gasteiger partial charge in [0.25, 0.3) is 5.91 Å². The first-order chi connectivity index (χ1) is 23.4. The van der Waals surface area contributed by atoms with Crippen LogP contribution in [0.3, 0.4) is 0 Å². The van der Waals surface area contributed by atoms with Crippen molar-refractivity contribution in [2.45, 2.75) is 50.4 Å². The van der Waals surface area contributed by atoms with Gasteiger partial charge in [-0.15, -0.1) is 0 Å². The molecule has 4 aromatic rings. The number of carbonyl (C=O) groups is 2. The predicted octanol–water partition coefficient (Wildman–Crippen LogP) is 3.84. The lowest BCUT2D eigenvalue weighted by atomic mass is 10.0. The fourth-order valence-corrected chi connectivity index (χ4v) is 7.08. The molecule has 2 bridgehead atoms. The number of ether oxygens (including phenoxy) is 1. The number of fused-ring (bicyclic) bond motifs is 3. The number of aromatic nitrogens is 4. The molecular formula is C36H43N9O3. The molecule has 3 aliphatic rings. The molecule has 7 rings (SSSR count). The summed E-state index contributed by atoms with van der Waals surface area (Å²) in [5, 5.41) is 7.13. The Morgan fingerprint density at radius 1 is 1.04 bits per heavy atom. The number of rotatable bonds is 10. The molecule has 3 fully saturated rings. The minimum Gasteiger partial charge on any atom is -0.377 e. The summed E-state index contributed by atoms with van der Waals surface area (Å²) in [5.74, 6) is 0.649. The third-order valence-corrected chi connectivity index (χ3v) is 9.40. The van der Waals surface area contributed by atoms with Crippen LogP contribution in [0.25, 0.3) is 22.3 Å². The van der Waals surface area contributed by atoms with Crippen LogP contribution >= 0.6 is 0 Å². The molecule has 250 valence electrons. The number of likely N-dealkylation sites (tertiary alicyclic amines) is 1. The van der Waals surface area contributed by atoms with E-state index in [1.54, 1.807) is 18.6 Å². The van der Waals surface area contributed by atoms with Crippen LogP contribution in [-0.2, 0) is 16.1 Å². The summed E-state index contributed by atoms with van der Waals surface area (Å²) in [7, 11) is 3.94. The van der Waals surface area contributed by atoms with Crippen molar-refractivity contribution in [3.05, 3.63) is 78.4 Å². The second-order valence-electron chi connectivity index (χ2n) is 13.3. The van der Waals surface area contributed by atoms with Gasteiger partial charge in [0.05, 0.1) is 30.7 Å². The number of aromatic amines is 1. The average molecular weight is 650 g/mol. The van der Waals surface area contributed by atoms with E-state index in [2.05, 4.69) is 46.4 Å². The SMILES string of the molecule is CN(C)C/C=C/C(=O)NC1CCCN(Cc2ccnc(C(=O)Nc3ccc(-c4cc5c(N6C7CCC6COC7)ncnc5[nH]4)cc3)c2)C1. The van der Waals surface area contributed by atoms with Crippen molar-refractivity contribution in [1.29, 1.82) is 0 Å². The van der Waals surface area contributed by atoms with Crippen molar-refractivity contribution in [2.75, 3.05) is 57.2 Å². The van der Waals surface area contributed by atoms with Crippen LogP contribution in [-0.4, -0.2) is 107 Å². The van der Waals surface area contributed by atoms with Gasteiger partial charge in [0.2, 0.25) is 5.91 Å². The summed E-state index contributed by atoms with van der Waals surface area (Å²) in [5.41, 5.74) is 4.80. The van der Waals surface area contributed by atoms with Crippen molar-refractivity contribution in [3.63, 3.8) is 0 Å². The largest absolute Gasteiger partial charge is 0.377 e. The molecule has 3 atom stereocenters. The van der Waals surface area contributed by atoms with E-state index in [0.29, 0.717) is 30.0 Å². The number of carbonyl (C=O) groups excluding carboxylic acids is 2. The normalized spacial score (nSPS) is 21.3. The van der Waals surface area contributed by atoms with Crippen molar-refractivity contribution >= 4 is 34.4 Å². The van der Waals surface area contributed by atoms with Crippen LogP contribution in [0.15, 0.2) is 67.1 Å². The number of piperidine rings is 1. The number of hydrogen-bond donors (Lipinski definition) is 3. The van der Waals surface area contributed by atoms with Gasteiger partial charge in [-0.1, -0.05) is 18.2 Å². The van der Waals surface area contributed by atoms with Crippen LogP contribution in [0.4, 0.5) is 11.5 Å². The van der Waals surface area contributed by atoms with Crippen LogP contribution in [0.2, 0.25) is 0 Å². The maximum absolute atomic E-state index is 13.2. The van der Waals surface area contributed by atoms with Gasteiger partial charge < -0.3 is 30.2 Å². The maximum atomic E-state index is 13.2. The first-order valence-corrected chi connectivity index (χ1v) is 16.8. The third kappa shape index (κ3) is 7.25. The number of benzene rings is 1. The quantitative estimate of drug-likeness (QED) is 0.219. The summed E-state index contributed by atoms with van der Waals surface area (Å²) in [6, 6.07) is 14.5. The molecule has 3 unspecified atom stereocenters. The topological polar surface area (TPSA) is 132 Å². The molecule has 1 aromatic carbocycles. The van der Waals surface area contributed by atoms with Crippen LogP contribution in [0.1, 0.15) is 41.7 Å². The Bertz CT molecular complexity index is 1770. The maximum Gasteiger partial charge on any atom is 0.274 e. The number of amides is 2. The summed E-state index contributed by atoms with van der Waals surface area (Å²) in [6.45, 7) is 4.60. The second kappa shape index (κ2) is 14.2. The molecule has 0 aliphatic carbocycles. The highest BCUT2D eigenvalue weighted by Crippen LogP contribution is 2.37. The highest BCUT2D eigenvalue weighted by atomic mass is 16.5. The second-order valence-corrected chi connectivity index (χ2v) is 13.3. The zero-order valence-corrected chi connectivity index (χ0v) is 27.6. The number of H-pyrrole nitrogens is 1. The first kappa shape index (κ1) is 31.9. The van der Waals surface area contributed by atoms with E-state index in [1.165, 1.54) is 0 Å². The average Bonchev–Trinajstić information content (AvgIpc) is 3.62. The number of likely N-dealkylation sites (N-methyl/N-ethyl adjacent to an activating group) is 1. The lowest BCUT2D eigenvalue weighted by Gasteiger charge is -2.35. The Morgan fingerprint density at radius 2 is 1.85 bits per heavy atom. The zero-order chi connectivity index (χ0) is 33.0. The standard InChI is InChI=1S/C36H43N9O3/c1-43(2)15-4-6-33(46)40-27-5-3-16-44(20-27)19-24-13-14-37-32(17-24)36(47)41-26-9-7-25(8-10-26)31-18-30-34(42-31)38-23-39-35(30)45-28-11-12-29(45)22-48-21-28/h4,6-10,13-14,17-18,23,27-29H,3,5,11-12,15-16,19-22H2,1-2H3,(H,40,46)(H,41,47)(H,38,39,42)/b6-4+. The monoisotopic (exact) mass is 649 g/mol. The van der Waals surface area contributed by atoms with Crippen molar-refractivity contribution in [1.82, 2.24) is 35.1 Å². The van der Waals surface area contributed by atoms with Crippen LogP contribution < -0.4 is 15.5 Å². The van der Waals surface area contributed by atoms with Gasteiger partial charge in [0, 0.05) is 49.3 Å². The van der Waals surface area contributed by atoms with E-state index in [-0.39, 0.29) is 17.9 Å². The molecule has 0 spiro atoms. The number of pyridine rings is 1. The van der Waals surface area contributed by atoms with Crippen LogP contribution in [0.5, 0.6) is 0 Å². The van der Waals surface area contributed by atoms with Crippen molar-refractivity contribution < 1.29 is 14.3 Å². The zero-order valence-electron chi connectivity index (χ0n) is 27.6. The summed E-state index contributed by atoms with van der Waals surface area (Å²) in [4.78, 5) is 49.3. The third-order valence-electron chi connectivity index (χ3n) is 9.40. The van der Waals surface area contributed by atoms with Gasteiger partial charge in [0.15, 0.2) is 0 Å². The van der Waals surface area contributed by atoms with Crippen LogP contribution in [0, 0.1) is 0 Å². The number of anilines is 2. The molecule has 0 saturated carbocycles. The number of nitrogens with one attached hydrogen (secondary N) is 3. The molecule has 12 nitrogen and oxygen atoms in total. The molecule has 6 heterocycles. The number of hydrogen-bond acceptors (Lipinski definition) is 9. The lowest BCUT2D eigenvalue weighted by molar-refractivity contribution is -0.117. The van der Waals surface area contributed by atoms with Gasteiger partial charge in [0.1, 0.15) is 23.5 Å². The molecule has 3 saturated heterocycles. The molecule has 3 aromatic heterocycles. The Labute approximate surface area is 280 Å². The highest BCUT2D eigenvalue weighted by Gasteiger charge is 2.39. The van der Waals surface area contributed by atoms with Crippen molar-refractivity contribution in [3.8, 4) is 11.3 Å². The lowest BCUT2D eigenvalue weighted by Crippen LogP contribution is -2.47. The van der Waals surface area contributed by atoms with Gasteiger partial charge in [-0.2, -0.15) is 0 Å². The number of morpholine rings is 1. The molecule has 3 aliphatic heterocycles. The Kier molecular flexibility index (Phi) is 9.46. The van der Waals surface area contributed by atoms with Gasteiger partial charge in [-0.25, -0.2) is 9.97 Å². The fourth-order valence-electron chi connectivity index (χ4n) is 7.08. The van der Waals surface area contributed by atoms with E-state index >= 15 is 0 Å². The number of nitrogens with zero attached hydrogens (tertiary/aromatic N) is 6. The molecule has 0 radical (unpaired) electrons. The fraction of sp³-hybridized carbons (Fsp3) is 0.417. The predicted molar refractivity (Wildman–Crippen MR) is 186 cm³/mol. The molecule has 2 amide bonds. The van der Waals surface area contributed by atoms with E-state index in [0.717, 1.165) is 92.2 Å². The summed E-state index contributed by atoms with van der Waals surface area (Å²) < 4.78 is 5.78. The Morgan fingerprint density at radius 3 is 2.65 bits per heavy atom. The summed E-state index contributed by atoms with van der Waals surface area (Å²) >= 11 is 0. The van der Waals surface area contributed by atoms with E-state index in [1.807, 2.05) is 61.5 Å². The minimum atomic E-state index is -0.261. The minimum absolute atomic E-state index is 0.0558. The van der Waals surface area contributed by atoms with Gasteiger partial charge in [-0.05, 0) is 87.8 Å². The Hall–Kier alpha value is -4.65. The van der Waals surface area contributed by atoms with Gasteiger partial charge in [-0.3, -0.25) is 19.5 Å². The molecular weight excluding hydrogens is 606 g/mol.